The van der Waals surface area contributed by atoms with Gasteiger partial charge in [-0.1, -0.05) is 30.3 Å². The van der Waals surface area contributed by atoms with Crippen molar-refractivity contribution in [3.05, 3.63) is 66.6 Å². The van der Waals surface area contributed by atoms with Crippen LogP contribution in [0.2, 0.25) is 0 Å². The average molecular weight is 365 g/mol. The summed E-state index contributed by atoms with van der Waals surface area (Å²) in [6, 6.07) is 15.7. The lowest BCUT2D eigenvalue weighted by Crippen LogP contribution is -2.43. The molecule has 0 aliphatic carbocycles. The van der Waals surface area contributed by atoms with Crippen LogP contribution in [-0.4, -0.2) is 35.1 Å². The SMILES string of the molecule is O=C(Nc1ccccc1F)N1CCC(Oc2cccc3cccnc23)CC1. The molecule has 0 spiro atoms. The molecule has 3 aromatic rings. The quantitative estimate of drug-likeness (QED) is 0.746. The average Bonchev–Trinajstić information content (AvgIpc) is 2.70. The van der Waals surface area contributed by atoms with Crippen LogP contribution in [0.4, 0.5) is 14.9 Å². The molecule has 27 heavy (non-hydrogen) atoms. The minimum Gasteiger partial charge on any atom is -0.488 e. The van der Waals surface area contributed by atoms with Crippen LogP contribution < -0.4 is 10.1 Å². The maximum Gasteiger partial charge on any atom is 0.321 e. The van der Waals surface area contributed by atoms with Crippen LogP contribution in [0.1, 0.15) is 12.8 Å². The molecule has 138 valence electrons. The molecule has 4 rings (SSSR count). The number of hydrogen-bond donors (Lipinski definition) is 1. The van der Waals surface area contributed by atoms with E-state index < -0.39 is 5.82 Å². The van der Waals surface area contributed by atoms with Crippen molar-refractivity contribution in [1.29, 1.82) is 0 Å². The second kappa shape index (κ2) is 7.61. The van der Waals surface area contributed by atoms with Gasteiger partial charge in [-0.2, -0.15) is 0 Å². The van der Waals surface area contributed by atoms with Crippen LogP contribution in [0.15, 0.2) is 60.8 Å². The van der Waals surface area contributed by atoms with Crippen LogP contribution in [0.5, 0.6) is 5.75 Å². The van der Waals surface area contributed by atoms with E-state index in [2.05, 4.69) is 10.3 Å². The van der Waals surface area contributed by atoms with E-state index in [-0.39, 0.29) is 17.8 Å². The number of para-hydroxylation sites is 2. The van der Waals surface area contributed by atoms with Crippen molar-refractivity contribution in [3.63, 3.8) is 0 Å². The standard InChI is InChI=1S/C21H20FN3O2/c22-17-7-1-2-8-18(17)24-21(26)25-13-10-16(11-14-25)27-19-9-3-5-15-6-4-12-23-20(15)19/h1-9,12,16H,10-11,13-14H2,(H,24,26). The summed E-state index contributed by atoms with van der Waals surface area (Å²) < 4.78 is 19.8. The number of amides is 2. The highest BCUT2D eigenvalue weighted by atomic mass is 19.1. The maximum absolute atomic E-state index is 13.7. The Balaban J connectivity index is 1.36. The number of halogens is 1. The number of fused-ring (bicyclic) bond motifs is 1. The Kier molecular flexibility index (Phi) is 4.87. The van der Waals surface area contributed by atoms with E-state index in [4.69, 9.17) is 4.74 Å². The van der Waals surface area contributed by atoms with E-state index in [9.17, 15) is 9.18 Å². The van der Waals surface area contributed by atoms with Gasteiger partial charge in [0.25, 0.3) is 0 Å². The minimum atomic E-state index is -0.437. The number of carbonyl (C=O) groups excluding carboxylic acids is 1. The molecule has 2 aromatic carbocycles. The molecular formula is C21H20FN3O2. The summed E-state index contributed by atoms with van der Waals surface area (Å²) in [4.78, 5) is 18.5. The van der Waals surface area contributed by atoms with Gasteiger partial charge in [0.1, 0.15) is 23.2 Å². The molecule has 2 amide bonds. The van der Waals surface area contributed by atoms with Gasteiger partial charge in [0.2, 0.25) is 0 Å². The summed E-state index contributed by atoms with van der Waals surface area (Å²) in [5.41, 5.74) is 1.04. The predicted octanol–water partition coefficient (Wildman–Crippen LogP) is 4.45. The zero-order chi connectivity index (χ0) is 18.6. The summed E-state index contributed by atoms with van der Waals surface area (Å²) in [7, 11) is 0. The minimum absolute atomic E-state index is 0.0233. The van der Waals surface area contributed by atoms with Crippen LogP contribution in [0, 0.1) is 5.82 Å². The molecule has 0 unspecified atom stereocenters. The first-order chi connectivity index (χ1) is 13.2. The number of nitrogens with zero attached hydrogens (tertiary/aromatic N) is 2. The first kappa shape index (κ1) is 17.3. The summed E-state index contributed by atoms with van der Waals surface area (Å²) in [5, 5.41) is 3.67. The molecule has 1 saturated heterocycles. The lowest BCUT2D eigenvalue weighted by molar-refractivity contribution is 0.116. The Bertz CT molecular complexity index is 950. The molecule has 1 aliphatic heterocycles. The number of aromatic nitrogens is 1. The number of nitrogens with one attached hydrogen (secondary N) is 1. The summed E-state index contributed by atoms with van der Waals surface area (Å²) >= 11 is 0. The van der Waals surface area contributed by atoms with E-state index in [0.29, 0.717) is 25.9 Å². The van der Waals surface area contributed by atoms with Crippen molar-refractivity contribution in [3.8, 4) is 5.75 Å². The van der Waals surface area contributed by atoms with E-state index >= 15 is 0 Å². The molecule has 2 heterocycles. The number of ether oxygens (including phenoxy) is 1. The van der Waals surface area contributed by atoms with Gasteiger partial charge in [0.05, 0.1) is 5.69 Å². The van der Waals surface area contributed by atoms with Crippen molar-refractivity contribution >= 4 is 22.6 Å². The van der Waals surface area contributed by atoms with Gasteiger partial charge >= 0.3 is 6.03 Å². The van der Waals surface area contributed by atoms with Crippen molar-refractivity contribution in [2.24, 2.45) is 0 Å². The number of rotatable bonds is 3. The topological polar surface area (TPSA) is 54.5 Å². The third kappa shape index (κ3) is 3.84. The molecule has 0 saturated carbocycles. The Morgan fingerprint density at radius 2 is 1.85 bits per heavy atom. The fourth-order valence-electron chi connectivity index (χ4n) is 3.28. The smallest absolute Gasteiger partial charge is 0.321 e. The molecule has 1 aromatic heterocycles. The summed E-state index contributed by atoms with van der Waals surface area (Å²) in [5.74, 6) is 0.329. The number of pyridine rings is 1. The molecule has 1 N–H and O–H groups in total. The normalized spacial score (nSPS) is 14.9. The van der Waals surface area contributed by atoms with E-state index in [1.807, 2.05) is 30.3 Å². The highest BCUT2D eigenvalue weighted by Crippen LogP contribution is 2.26. The first-order valence-electron chi connectivity index (χ1n) is 9.01. The third-order valence-corrected chi connectivity index (χ3v) is 4.73. The molecule has 0 radical (unpaired) electrons. The number of carbonyl (C=O) groups is 1. The molecule has 0 bridgehead atoms. The fraction of sp³-hybridized carbons (Fsp3) is 0.238. The third-order valence-electron chi connectivity index (χ3n) is 4.73. The van der Waals surface area contributed by atoms with Crippen molar-refractivity contribution in [2.75, 3.05) is 18.4 Å². The van der Waals surface area contributed by atoms with Crippen molar-refractivity contribution < 1.29 is 13.9 Å². The van der Waals surface area contributed by atoms with Gasteiger partial charge in [-0.3, -0.25) is 4.98 Å². The van der Waals surface area contributed by atoms with Crippen LogP contribution in [0.3, 0.4) is 0 Å². The van der Waals surface area contributed by atoms with Gasteiger partial charge in [-0.25, -0.2) is 9.18 Å². The van der Waals surface area contributed by atoms with Crippen molar-refractivity contribution in [2.45, 2.75) is 18.9 Å². The Morgan fingerprint density at radius 1 is 1.07 bits per heavy atom. The monoisotopic (exact) mass is 365 g/mol. The Hall–Kier alpha value is -3.15. The number of hydrogen-bond acceptors (Lipinski definition) is 3. The van der Waals surface area contributed by atoms with Gasteiger partial charge in [0, 0.05) is 37.5 Å². The molecular weight excluding hydrogens is 345 g/mol. The first-order valence-corrected chi connectivity index (χ1v) is 9.01. The van der Waals surface area contributed by atoms with Crippen LogP contribution >= 0.6 is 0 Å². The number of anilines is 1. The molecule has 0 atom stereocenters. The Morgan fingerprint density at radius 3 is 2.67 bits per heavy atom. The second-order valence-corrected chi connectivity index (χ2v) is 6.55. The zero-order valence-corrected chi connectivity index (χ0v) is 14.8. The highest BCUT2D eigenvalue weighted by Gasteiger charge is 2.25. The lowest BCUT2D eigenvalue weighted by atomic mass is 10.1. The molecule has 6 heteroatoms. The van der Waals surface area contributed by atoms with Gasteiger partial charge in [0.15, 0.2) is 0 Å². The van der Waals surface area contributed by atoms with Crippen LogP contribution in [-0.2, 0) is 0 Å². The maximum atomic E-state index is 13.7. The fourth-order valence-corrected chi connectivity index (χ4v) is 3.28. The second-order valence-electron chi connectivity index (χ2n) is 6.55. The van der Waals surface area contributed by atoms with Gasteiger partial charge in [-0.15, -0.1) is 0 Å². The number of likely N-dealkylation sites (tertiary alicyclic amines) is 1. The molecule has 1 aliphatic rings. The van der Waals surface area contributed by atoms with Gasteiger partial charge < -0.3 is 15.0 Å². The number of urea groups is 1. The zero-order valence-electron chi connectivity index (χ0n) is 14.8. The molecule has 1 fully saturated rings. The number of benzene rings is 2. The predicted molar refractivity (Wildman–Crippen MR) is 102 cm³/mol. The van der Waals surface area contributed by atoms with E-state index in [0.717, 1.165) is 16.7 Å². The summed E-state index contributed by atoms with van der Waals surface area (Å²) in [6.07, 6.45) is 3.21. The largest absolute Gasteiger partial charge is 0.488 e. The van der Waals surface area contributed by atoms with Gasteiger partial charge in [-0.05, 0) is 24.3 Å². The van der Waals surface area contributed by atoms with E-state index in [1.54, 1.807) is 29.3 Å². The Labute approximate surface area is 156 Å². The highest BCUT2D eigenvalue weighted by molar-refractivity contribution is 5.89. The van der Waals surface area contributed by atoms with E-state index in [1.165, 1.54) is 6.07 Å². The van der Waals surface area contributed by atoms with Crippen LogP contribution in [0.25, 0.3) is 10.9 Å². The number of piperidine rings is 1. The lowest BCUT2D eigenvalue weighted by Gasteiger charge is -2.32. The van der Waals surface area contributed by atoms with Crippen molar-refractivity contribution in [1.82, 2.24) is 9.88 Å². The summed E-state index contributed by atoms with van der Waals surface area (Å²) in [6.45, 7) is 1.12. The molecule has 5 nitrogen and oxygen atoms in total.